The van der Waals surface area contributed by atoms with E-state index < -0.39 is 24.1 Å². The molecule has 2 heterocycles. The van der Waals surface area contributed by atoms with Crippen LogP contribution >= 0.6 is 0 Å². The second kappa shape index (κ2) is 8.33. The van der Waals surface area contributed by atoms with Crippen molar-refractivity contribution in [2.45, 2.75) is 38.2 Å². The minimum atomic E-state index is -0.680. The van der Waals surface area contributed by atoms with Crippen LogP contribution in [0.3, 0.4) is 0 Å². The second-order valence-electron chi connectivity index (χ2n) is 5.00. The summed E-state index contributed by atoms with van der Waals surface area (Å²) in [5.74, 6) is 5.77. The molecule has 0 saturated carbocycles. The third-order valence-corrected chi connectivity index (χ3v) is 3.46. The molecule has 1 aliphatic rings. The van der Waals surface area contributed by atoms with Crippen molar-refractivity contribution < 1.29 is 14.6 Å². The van der Waals surface area contributed by atoms with Crippen molar-refractivity contribution in [2.24, 2.45) is 5.11 Å². The van der Waals surface area contributed by atoms with Crippen molar-refractivity contribution in [2.75, 3.05) is 19.1 Å². The minimum Gasteiger partial charge on any atom is -0.394 e. The Morgan fingerprint density at radius 3 is 3.17 bits per heavy atom. The monoisotopic (exact) mass is 334 g/mol. The second-order valence-corrected chi connectivity index (χ2v) is 5.00. The fourth-order valence-corrected chi connectivity index (χ4v) is 2.33. The Hall–Kier alpha value is -2.57. The zero-order valence-electron chi connectivity index (χ0n) is 13.1. The van der Waals surface area contributed by atoms with E-state index in [1.807, 2.05) is 6.92 Å². The van der Waals surface area contributed by atoms with Gasteiger partial charge in [0.15, 0.2) is 0 Å². The highest BCUT2D eigenvalue weighted by molar-refractivity contribution is 5.48. The van der Waals surface area contributed by atoms with Crippen molar-refractivity contribution in [1.82, 2.24) is 9.55 Å². The van der Waals surface area contributed by atoms with Crippen LogP contribution in [0.2, 0.25) is 0 Å². The SMILES string of the molecule is CCC#Cc1cn([C@H]2CC(OCN=[N+]=[N-])[C@@H](CO)O2)c(=O)nc1N. The van der Waals surface area contributed by atoms with Gasteiger partial charge in [-0.1, -0.05) is 23.9 Å². The Bertz CT molecular complexity index is 746. The maximum Gasteiger partial charge on any atom is 0.351 e. The quantitative estimate of drug-likeness (QED) is 0.347. The zero-order chi connectivity index (χ0) is 17.5. The number of ether oxygens (including phenoxy) is 2. The van der Waals surface area contributed by atoms with Crippen molar-refractivity contribution in [3.05, 3.63) is 32.7 Å². The summed E-state index contributed by atoms with van der Waals surface area (Å²) in [6, 6.07) is 0. The fourth-order valence-electron chi connectivity index (χ4n) is 2.33. The minimum absolute atomic E-state index is 0.0602. The lowest BCUT2D eigenvalue weighted by Gasteiger charge is -2.15. The topological polar surface area (TPSA) is 148 Å². The lowest BCUT2D eigenvalue weighted by Crippen LogP contribution is -2.29. The lowest BCUT2D eigenvalue weighted by molar-refractivity contribution is -0.0612. The average Bonchev–Trinajstić information content (AvgIpc) is 2.97. The molecule has 1 aromatic rings. The molecule has 1 saturated heterocycles. The number of hydrogen-bond donors (Lipinski definition) is 2. The third kappa shape index (κ3) is 4.04. The first kappa shape index (κ1) is 17.8. The molecule has 1 aromatic heterocycles. The van der Waals surface area contributed by atoms with Crippen LogP contribution in [0.15, 0.2) is 16.1 Å². The predicted molar refractivity (Wildman–Crippen MR) is 84.6 cm³/mol. The molecule has 0 amide bonds. The number of aliphatic hydroxyl groups is 1. The van der Waals surface area contributed by atoms with E-state index in [2.05, 4.69) is 26.9 Å². The van der Waals surface area contributed by atoms with E-state index in [4.69, 9.17) is 20.7 Å². The number of hydrogen-bond acceptors (Lipinski definition) is 7. The summed E-state index contributed by atoms with van der Waals surface area (Å²) in [7, 11) is 0. The number of anilines is 1. The third-order valence-electron chi connectivity index (χ3n) is 3.46. The van der Waals surface area contributed by atoms with Crippen LogP contribution in [-0.2, 0) is 9.47 Å². The van der Waals surface area contributed by atoms with E-state index in [-0.39, 0.29) is 19.2 Å². The van der Waals surface area contributed by atoms with Crippen LogP contribution < -0.4 is 11.4 Å². The summed E-state index contributed by atoms with van der Waals surface area (Å²) >= 11 is 0. The average molecular weight is 334 g/mol. The van der Waals surface area contributed by atoms with Gasteiger partial charge in [0.25, 0.3) is 0 Å². The summed E-state index contributed by atoms with van der Waals surface area (Å²) in [5.41, 5.74) is 13.8. The molecule has 3 atom stereocenters. The molecule has 0 radical (unpaired) electrons. The zero-order valence-corrected chi connectivity index (χ0v) is 13.1. The molecular weight excluding hydrogens is 316 g/mol. The molecule has 2 rings (SSSR count). The summed E-state index contributed by atoms with van der Waals surface area (Å²) in [6.45, 7) is 1.41. The summed E-state index contributed by atoms with van der Waals surface area (Å²) < 4.78 is 12.3. The molecule has 10 nitrogen and oxygen atoms in total. The molecule has 24 heavy (non-hydrogen) atoms. The standard InChI is InChI=1S/C14H18N6O4/c1-2-3-4-9-6-20(14(22)18-13(9)15)12-5-10(11(7-21)24-12)23-8-17-19-16/h6,10-12,21H,2,5,7-8H2,1H3,(H2,15,18,22)/t10?,11-,12-/m1/s1. The number of aliphatic hydroxyl groups excluding tert-OH is 1. The van der Waals surface area contributed by atoms with Crippen LogP contribution in [0, 0.1) is 11.8 Å². The molecule has 1 unspecified atom stereocenters. The van der Waals surface area contributed by atoms with E-state index >= 15 is 0 Å². The van der Waals surface area contributed by atoms with Crippen molar-refractivity contribution in [3.63, 3.8) is 0 Å². The Morgan fingerprint density at radius 1 is 1.71 bits per heavy atom. The van der Waals surface area contributed by atoms with E-state index in [0.717, 1.165) is 0 Å². The van der Waals surface area contributed by atoms with Crippen LogP contribution in [0.4, 0.5) is 5.82 Å². The fraction of sp³-hybridized carbons (Fsp3) is 0.571. The first-order chi connectivity index (χ1) is 11.6. The molecule has 3 N–H and O–H groups in total. The van der Waals surface area contributed by atoms with Crippen LogP contribution in [0.5, 0.6) is 0 Å². The Morgan fingerprint density at radius 2 is 2.50 bits per heavy atom. The normalized spacial score (nSPS) is 22.5. The van der Waals surface area contributed by atoms with Gasteiger partial charge in [-0.3, -0.25) is 4.57 Å². The highest BCUT2D eigenvalue weighted by Crippen LogP contribution is 2.30. The maximum absolute atomic E-state index is 12.1. The number of rotatable bonds is 5. The van der Waals surface area contributed by atoms with Crippen molar-refractivity contribution in [3.8, 4) is 11.8 Å². The molecule has 0 bridgehead atoms. The van der Waals surface area contributed by atoms with Crippen molar-refractivity contribution in [1.29, 1.82) is 0 Å². The Balaban J connectivity index is 2.25. The van der Waals surface area contributed by atoms with Gasteiger partial charge >= 0.3 is 5.69 Å². The van der Waals surface area contributed by atoms with Gasteiger partial charge in [0.1, 0.15) is 24.9 Å². The van der Waals surface area contributed by atoms with E-state index in [1.165, 1.54) is 10.8 Å². The first-order valence-corrected chi connectivity index (χ1v) is 7.37. The number of azide groups is 1. The Kier molecular flexibility index (Phi) is 6.17. The molecule has 0 aromatic carbocycles. The van der Waals surface area contributed by atoms with Gasteiger partial charge in [0.05, 0.1) is 18.3 Å². The smallest absolute Gasteiger partial charge is 0.351 e. The number of nitrogen functional groups attached to an aromatic ring is 1. The number of nitrogens with two attached hydrogens (primary N) is 1. The van der Waals surface area contributed by atoms with Gasteiger partial charge in [-0.15, -0.1) is 0 Å². The van der Waals surface area contributed by atoms with Gasteiger partial charge in [-0.2, -0.15) is 4.98 Å². The van der Waals surface area contributed by atoms with Gasteiger partial charge < -0.3 is 20.3 Å². The van der Waals surface area contributed by atoms with Gasteiger partial charge in [-0.05, 0) is 5.53 Å². The predicted octanol–water partition coefficient (Wildman–Crippen LogP) is 0.520. The summed E-state index contributed by atoms with van der Waals surface area (Å²) in [6.07, 6.45) is 0.584. The van der Waals surface area contributed by atoms with E-state index in [9.17, 15) is 9.90 Å². The Labute approximate surface area is 137 Å². The summed E-state index contributed by atoms with van der Waals surface area (Å²) in [5, 5.41) is 12.7. The van der Waals surface area contributed by atoms with Crippen LogP contribution in [-0.4, -0.2) is 40.2 Å². The van der Waals surface area contributed by atoms with Crippen molar-refractivity contribution >= 4 is 5.82 Å². The van der Waals surface area contributed by atoms with Crippen LogP contribution in [0.25, 0.3) is 10.4 Å². The highest BCUT2D eigenvalue weighted by atomic mass is 16.6. The molecule has 10 heteroatoms. The number of aromatic nitrogens is 2. The molecular formula is C14H18N6O4. The van der Waals surface area contributed by atoms with Gasteiger partial charge in [0.2, 0.25) is 0 Å². The molecule has 0 aliphatic carbocycles. The van der Waals surface area contributed by atoms with Gasteiger partial charge in [-0.25, -0.2) is 4.79 Å². The largest absolute Gasteiger partial charge is 0.394 e. The number of nitrogens with zero attached hydrogens (tertiary/aromatic N) is 5. The lowest BCUT2D eigenvalue weighted by atomic mass is 10.2. The van der Waals surface area contributed by atoms with Gasteiger partial charge in [0, 0.05) is 24.0 Å². The van der Waals surface area contributed by atoms with E-state index in [1.54, 1.807) is 0 Å². The molecule has 0 spiro atoms. The van der Waals surface area contributed by atoms with E-state index in [0.29, 0.717) is 18.4 Å². The molecule has 1 fully saturated rings. The molecule has 128 valence electrons. The maximum atomic E-state index is 12.1. The highest BCUT2D eigenvalue weighted by Gasteiger charge is 2.37. The molecule has 1 aliphatic heterocycles. The van der Waals surface area contributed by atoms with Crippen LogP contribution in [0.1, 0.15) is 31.6 Å². The summed E-state index contributed by atoms with van der Waals surface area (Å²) in [4.78, 5) is 18.4. The first-order valence-electron chi connectivity index (χ1n) is 7.37.